The Morgan fingerprint density at radius 1 is 1.19 bits per heavy atom. The maximum Gasteiger partial charge on any atom is 0.266 e. The van der Waals surface area contributed by atoms with Crippen LogP contribution in [0.5, 0.6) is 5.75 Å². The summed E-state index contributed by atoms with van der Waals surface area (Å²) in [5.74, 6) is 0.247. The second-order valence-electron chi connectivity index (χ2n) is 6.78. The molecular formula is C23H19N3O3S3. The van der Waals surface area contributed by atoms with Crippen LogP contribution in [-0.4, -0.2) is 39.7 Å². The normalized spacial score (nSPS) is 14.8. The molecule has 1 aliphatic rings. The molecule has 2 aromatic carbocycles. The number of methoxy groups -OCH3 is 1. The monoisotopic (exact) mass is 481 g/mol. The molecule has 0 spiro atoms. The van der Waals surface area contributed by atoms with Crippen LogP contribution in [0.25, 0.3) is 17.3 Å². The van der Waals surface area contributed by atoms with Gasteiger partial charge in [-0.2, -0.15) is 0 Å². The summed E-state index contributed by atoms with van der Waals surface area (Å²) in [4.78, 5) is 31.7. The van der Waals surface area contributed by atoms with Gasteiger partial charge in [-0.15, -0.1) is 11.3 Å². The van der Waals surface area contributed by atoms with Crippen LogP contribution >= 0.6 is 35.3 Å². The van der Waals surface area contributed by atoms with E-state index < -0.39 is 0 Å². The molecule has 1 aliphatic heterocycles. The van der Waals surface area contributed by atoms with E-state index in [1.807, 2.05) is 60.0 Å². The summed E-state index contributed by atoms with van der Waals surface area (Å²) < 4.78 is 5.78. The number of aromatic nitrogens is 1. The maximum absolute atomic E-state index is 12.8. The molecule has 162 valence electrons. The second kappa shape index (κ2) is 10.1. The lowest BCUT2D eigenvalue weighted by Crippen LogP contribution is -2.31. The highest BCUT2D eigenvalue weighted by Crippen LogP contribution is 2.34. The van der Waals surface area contributed by atoms with E-state index in [2.05, 4.69) is 10.3 Å². The van der Waals surface area contributed by atoms with Crippen molar-refractivity contribution in [2.75, 3.05) is 19.0 Å². The van der Waals surface area contributed by atoms with E-state index in [0.29, 0.717) is 20.1 Å². The van der Waals surface area contributed by atoms with E-state index in [9.17, 15) is 9.59 Å². The third-order valence-corrected chi connectivity index (χ3v) is 6.82. The van der Waals surface area contributed by atoms with Crippen LogP contribution in [0.3, 0.4) is 0 Å². The summed E-state index contributed by atoms with van der Waals surface area (Å²) in [7, 11) is 1.59. The third-order valence-electron chi connectivity index (χ3n) is 4.68. The van der Waals surface area contributed by atoms with Gasteiger partial charge in [0, 0.05) is 29.5 Å². The second-order valence-corrected chi connectivity index (χ2v) is 9.31. The highest BCUT2D eigenvalue weighted by Gasteiger charge is 2.32. The summed E-state index contributed by atoms with van der Waals surface area (Å²) in [6, 6.07) is 17.2. The van der Waals surface area contributed by atoms with Crippen molar-refractivity contribution in [2.45, 2.75) is 6.42 Å². The summed E-state index contributed by atoms with van der Waals surface area (Å²) in [6.07, 6.45) is 1.88. The van der Waals surface area contributed by atoms with Crippen molar-refractivity contribution in [1.82, 2.24) is 9.88 Å². The number of carbonyl (C=O) groups is 2. The number of carbonyl (C=O) groups excluding carboxylic acids is 2. The molecule has 1 saturated heterocycles. The molecule has 0 aliphatic carbocycles. The number of nitrogens with zero attached hydrogens (tertiary/aromatic N) is 2. The number of amides is 2. The predicted molar refractivity (Wildman–Crippen MR) is 134 cm³/mol. The lowest BCUT2D eigenvalue weighted by molar-refractivity contribution is -0.122. The van der Waals surface area contributed by atoms with Crippen molar-refractivity contribution in [3.05, 3.63) is 70.4 Å². The van der Waals surface area contributed by atoms with Gasteiger partial charge in [0.2, 0.25) is 5.91 Å². The first-order valence-corrected chi connectivity index (χ1v) is 11.8. The van der Waals surface area contributed by atoms with E-state index in [1.165, 1.54) is 28.0 Å². The molecule has 0 bridgehead atoms. The summed E-state index contributed by atoms with van der Waals surface area (Å²) in [5.41, 5.74) is 2.60. The van der Waals surface area contributed by atoms with Crippen LogP contribution in [0.1, 0.15) is 12.0 Å². The van der Waals surface area contributed by atoms with Gasteiger partial charge >= 0.3 is 0 Å². The molecule has 9 heteroatoms. The van der Waals surface area contributed by atoms with Gasteiger partial charge in [-0.25, -0.2) is 4.98 Å². The van der Waals surface area contributed by atoms with E-state index in [-0.39, 0.29) is 24.8 Å². The van der Waals surface area contributed by atoms with Crippen molar-refractivity contribution >= 4 is 62.7 Å². The Morgan fingerprint density at radius 2 is 1.94 bits per heavy atom. The number of nitrogens with one attached hydrogen (secondary N) is 1. The Kier molecular flexibility index (Phi) is 6.99. The van der Waals surface area contributed by atoms with Gasteiger partial charge < -0.3 is 10.1 Å². The molecule has 2 heterocycles. The van der Waals surface area contributed by atoms with Crippen LogP contribution in [-0.2, 0) is 9.59 Å². The Bertz CT molecular complexity index is 1190. The van der Waals surface area contributed by atoms with E-state index in [0.717, 1.165) is 16.8 Å². The van der Waals surface area contributed by atoms with Crippen LogP contribution in [0.4, 0.5) is 5.13 Å². The highest BCUT2D eigenvalue weighted by molar-refractivity contribution is 8.26. The summed E-state index contributed by atoms with van der Waals surface area (Å²) in [6.45, 7) is 0.205. The van der Waals surface area contributed by atoms with Gasteiger partial charge in [-0.3, -0.25) is 14.5 Å². The molecule has 0 unspecified atom stereocenters. The Balaban J connectivity index is 1.36. The smallest absolute Gasteiger partial charge is 0.266 e. The number of para-hydroxylation sites is 1. The van der Waals surface area contributed by atoms with Gasteiger partial charge in [-0.1, -0.05) is 72.5 Å². The van der Waals surface area contributed by atoms with Gasteiger partial charge in [0.25, 0.3) is 5.91 Å². The third kappa shape index (κ3) is 5.07. The number of thiazole rings is 1. The van der Waals surface area contributed by atoms with Gasteiger partial charge in [0.1, 0.15) is 10.1 Å². The average molecular weight is 482 g/mol. The van der Waals surface area contributed by atoms with Gasteiger partial charge in [0.15, 0.2) is 5.13 Å². The molecule has 0 radical (unpaired) electrons. The molecule has 3 aromatic rings. The van der Waals surface area contributed by atoms with Gasteiger partial charge in [-0.05, 0) is 12.1 Å². The first-order valence-electron chi connectivity index (χ1n) is 9.74. The number of rotatable bonds is 7. The van der Waals surface area contributed by atoms with Crippen LogP contribution < -0.4 is 10.1 Å². The minimum absolute atomic E-state index is 0.120. The van der Waals surface area contributed by atoms with Crippen LogP contribution in [0, 0.1) is 0 Å². The fourth-order valence-electron chi connectivity index (χ4n) is 3.09. The Morgan fingerprint density at radius 3 is 2.72 bits per heavy atom. The lowest BCUT2D eigenvalue weighted by atomic mass is 10.2. The molecular weight excluding hydrogens is 462 g/mol. The number of hydrogen-bond donors (Lipinski definition) is 1. The van der Waals surface area contributed by atoms with Crippen LogP contribution in [0.15, 0.2) is 64.9 Å². The molecule has 0 saturated carbocycles. The average Bonchev–Trinajstić information content (AvgIpc) is 3.37. The molecule has 1 N–H and O–H groups in total. The number of ether oxygens (including phenoxy) is 1. The maximum atomic E-state index is 12.8. The summed E-state index contributed by atoms with van der Waals surface area (Å²) >= 11 is 7.95. The first-order chi connectivity index (χ1) is 15.5. The fourth-order valence-corrected chi connectivity index (χ4v) is 5.12. The number of thiocarbonyl (C=S) groups is 1. The van der Waals surface area contributed by atoms with Crippen molar-refractivity contribution in [2.24, 2.45) is 0 Å². The molecule has 4 rings (SSSR count). The predicted octanol–water partition coefficient (Wildman–Crippen LogP) is 5.05. The SMILES string of the molecule is COc1ccccc1C=C1SC(=S)N(CCC(=O)Nc2nc(-c3ccccc3)cs2)C1=O. The number of benzene rings is 2. The molecule has 32 heavy (non-hydrogen) atoms. The Labute approximate surface area is 199 Å². The molecule has 1 fully saturated rings. The van der Waals surface area contributed by atoms with Crippen LogP contribution in [0.2, 0.25) is 0 Å². The Hall–Kier alpha value is -3.01. The van der Waals surface area contributed by atoms with Gasteiger partial charge in [0.05, 0.1) is 17.7 Å². The molecule has 6 nitrogen and oxygen atoms in total. The topological polar surface area (TPSA) is 71.5 Å². The van der Waals surface area contributed by atoms with Crippen molar-refractivity contribution in [1.29, 1.82) is 0 Å². The first kappa shape index (κ1) is 22.2. The van der Waals surface area contributed by atoms with E-state index >= 15 is 0 Å². The zero-order chi connectivity index (χ0) is 22.5. The standard InChI is InChI=1S/C23H19N3O3S3/c1-29-18-10-6-5-9-16(18)13-19-21(28)26(23(30)32-19)12-11-20(27)25-22-24-17(14-31-22)15-7-3-2-4-8-15/h2-10,13-14H,11-12H2,1H3,(H,24,25,27). The minimum atomic E-state index is -0.221. The summed E-state index contributed by atoms with van der Waals surface area (Å²) in [5, 5.41) is 5.22. The highest BCUT2D eigenvalue weighted by atomic mass is 32.2. The zero-order valence-corrected chi connectivity index (χ0v) is 19.6. The fraction of sp³-hybridized carbons (Fsp3) is 0.130. The molecule has 1 aromatic heterocycles. The van der Waals surface area contributed by atoms with Crippen molar-refractivity contribution in [3.8, 4) is 17.0 Å². The van der Waals surface area contributed by atoms with E-state index in [4.69, 9.17) is 17.0 Å². The largest absolute Gasteiger partial charge is 0.496 e. The van der Waals surface area contributed by atoms with E-state index in [1.54, 1.807) is 13.2 Å². The minimum Gasteiger partial charge on any atom is -0.496 e. The lowest BCUT2D eigenvalue weighted by Gasteiger charge is -2.13. The number of anilines is 1. The quantitative estimate of drug-likeness (QED) is 0.376. The van der Waals surface area contributed by atoms with Crippen molar-refractivity contribution < 1.29 is 14.3 Å². The number of hydrogen-bond acceptors (Lipinski definition) is 7. The molecule has 2 amide bonds. The zero-order valence-electron chi connectivity index (χ0n) is 17.1. The van der Waals surface area contributed by atoms with Crippen molar-refractivity contribution in [3.63, 3.8) is 0 Å². The molecule has 0 atom stereocenters. The number of thioether (sulfide) groups is 1.